The number of rotatable bonds is 8. The Hall–Kier alpha value is -1.01. The first-order valence-electron chi connectivity index (χ1n) is 5.96. The van der Waals surface area contributed by atoms with Crippen molar-refractivity contribution in [3.8, 4) is 0 Å². The van der Waals surface area contributed by atoms with Gasteiger partial charge in [0.2, 0.25) is 0 Å². The van der Waals surface area contributed by atoms with E-state index in [1.807, 2.05) is 36.5 Å². The summed E-state index contributed by atoms with van der Waals surface area (Å²) in [6, 6.07) is 10.8. The molecule has 0 heterocycles. The Bertz CT molecular complexity index is 344. The molecule has 0 aliphatic carbocycles. The van der Waals surface area contributed by atoms with Crippen LogP contribution in [-0.4, -0.2) is 42.9 Å². The number of hydrogen-bond acceptors (Lipinski definition) is 4. The zero-order chi connectivity index (χ0) is 13.3. The Morgan fingerprint density at radius 1 is 1.06 bits per heavy atom. The van der Waals surface area contributed by atoms with E-state index in [1.165, 1.54) is 0 Å². The summed E-state index contributed by atoms with van der Waals surface area (Å²) in [5, 5.41) is 0. The Labute approximate surface area is 110 Å². The highest BCUT2D eigenvalue weighted by molar-refractivity contribution is 6.60. The van der Waals surface area contributed by atoms with E-state index >= 15 is 0 Å². The molecule has 1 aromatic carbocycles. The minimum atomic E-state index is -2.42. The quantitative estimate of drug-likeness (QED) is 0.412. The van der Waals surface area contributed by atoms with E-state index in [9.17, 15) is 0 Å². The normalized spacial score (nSPS) is 12.2. The van der Waals surface area contributed by atoms with Crippen molar-refractivity contribution in [2.24, 2.45) is 4.99 Å². The molecule has 0 aromatic heterocycles. The summed E-state index contributed by atoms with van der Waals surface area (Å²) in [7, 11) is 2.47. The van der Waals surface area contributed by atoms with Gasteiger partial charge < -0.3 is 13.3 Å². The van der Waals surface area contributed by atoms with Crippen molar-refractivity contribution < 1.29 is 13.3 Å². The molecule has 0 N–H and O–H groups in total. The fourth-order valence-electron chi connectivity index (χ4n) is 1.65. The van der Waals surface area contributed by atoms with Gasteiger partial charge in [-0.3, -0.25) is 4.99 Å². The van der Waals surface area contributed by atoms with Crippen molar-refractivity contribution >= 4 is 15.0 Å². The second kappa shape index (κ2) is 8.15. The van der Waals surface area contributed by atoms with Crippen LogP contribution in [0.2, 0.25) is 6.04 Å². The highest BCUT2D eigenvalue weighted by atomic mass is 28.4. The van der Waals surface area contributed by atoms with Crippen LogP contribution in [0.1, 0.15) is 12.0 Å². The van der Waals surface area contributed by atoms with Crippen LogP contribution in [-0.2, 0) is 13.3 Å². The van der Waals surface area contributed by atoms with Crippen molar-refractivity contribution in [2.45, 2.75) is 12.5 Å². The van der Waals surface area contributed by atoms with E-state index < -0.39 is 8.80 Å². The predicted octanol–water partition coefficient (Wildman–Crippen LogP) is 2.37. The Morgan fingerprint density at radius 2 is 1.67 bits per heavy atom. The molecule has 1 aromatic rings. The first kappa shape index (κ1) is 15.0. The lowest BCUT2D eigenvalue weighted by Gasteiger charge is -2.23. The minimum absolute atomic E-state index is 0.750. The van der Waals surface area contributed by atoms with Gasteiger partial charge in [0.25, 0.3) is 0 Å². The topological polar surface area (TPSA) is 40.0 Å². The molecule has 0 bridgehead atoms. The van der Waals surface area contributed by atoms with E-state index in [0.29, 0.717) is 0 Å². The van der Waals surface area contributed by atoms with E-state index in [0.717, 1.165) is 24.6 Å². The van der Waals surface area contributed by atoms with Gasteiger partial charge >= 0.3 is 8.80 Å². The number of nitrogens with zero attached hydrogens (tertiary/aromatic N) is 1. The van der Waals surface area contributed by atoms with Crippen LogP contribution in [0.25, 0.3) is 0 Å². The molecule has 1 rings (SSSR count). The van der Waals surface area contributed by atoms with E-state index in [1.54, 1.807) is 21.3 Å². The van der Waals surface area contributed by atoms with Crippen LogP contribution in [0, 0.1) is 0 Å². The van der Waals surface area contributed by atoms with Crippen molar-refractivity contribution in [2.75, 3.05) is 27.9 Å². The van der Waals surface area contributed by atoms with Crippen LogP contribution in [0.5, 0.6) is 0 Å². The molecule has 0 spiro atoms. The molecule has 100 valence electrons. The molecule has 0 amide bonds. The third kappa shape index (κ3) is 4.70. The summed E-state index contributed by atoms with van der Waals surface area (Å²) in [6.07, 6.45) is 2.78. The molecule has 5 heteroatoms. The Balaban J connectivity index is 2.32. The number of hydrogen-bond donors (Lipinski definition) is 0. The van der Waals surface area contributed by atoms with Crippen molar-refractivity contribution in [1.29, 1.82) is 0 Å². The molecular weight excluding hydrogens is 246 g/mol. The Morgan fingerprint density at radius 3 is 2.22 bits per heavy atom. The van der Waals surface area contributed by atoms with Crippen molar-refractivity contribution in [3.05, 3.63) is 35.9 Å². The van der Waals surface area contributed by atoms with Crippen LogP contribution >= 0.6 is 0 Å². The van der Waals surface area contributed by atoms with E-state index in [-0.39, 0.29) is 0 Å². The monoisotopic (exact) mass is 267 g/mol. The van der Waals surface area contributed by atoms with Gasteiger partial charge in [-0.05, 0) is 12.0 Å². The molecule has 0 atom stereocenters. The van der Waals surface area contributed by atoms with Gasteiger partial charge in [0.1, 0.15) is 0 Å². The van der Waals surface area contributed by atoms with Gasteiger partial charge in [0.15, 0.2) is 0 Å². The van der Waals surface area contributed by atoms with E-state index in [4.69, 9.17) is 13.3 Å². The second-order valence-corrected chi connectivity index (χ2v) is 6.94. The summed E-state index contributed by atoms with van der Waals surface area (Å²) in [4.78, 5) is 4.38. The fraction of sp³-hybridized carbons (Fsp3) is 0.462. The van der Waals surface area contributed by atoms with Gasteiger partial charge in [-0.15, -0.1) is 0 Å². The second-order valence-electron chi connectivity index (χ2n) is 3.84. The van der Waals surface area contributed by atoms with Gasteiger partial charge in [0.05, 0.1) is 0 Å². The molecule has 0 fully saturated rings. The smallest absolute Gasteiger partial charge is 0.377 e. The average molecular weight is 267 g/mol. The molecule has 0 radical (unpaired) electrons. The molecule has 4 nitrogen and oxygen atoms in total. The SMILES string of the molecule is CO[Si](CCC/N=C/c1ccccc1)(OC)OC. The highest BCUT2D eigenvalue weighted by Gasteiger charge is 2.36. The first-order valence-corrected chi connectivity index (χ1v) is 7.90. The summed E-state index contributed by atoms with van der Waals surface area (Å²) in [6.45, 7) is 0.750. The highest BCUT2D eigenvalue weighted by Crippen LogP contribution is 2.14. The third-order valence-electron chi connectivity index (χ3n) is 2.74. The molecule has 0 saturated heterocycles. The van der Waals surface area contributed by atoms with Crippen LogP contribution in [0.15, 0.2) is 35.3 Å². The predicted molar refractivity (Wildman–Crippen MR) is 75.1 cm³/mol. The third-order valence-corrected chi connectivity index (χ3v) is 5.58. The lowest BCUT2D eigenvalue weighted by molar-refractivity contribution is 0.123. The maximum Gasteiger partial charge on any atom is 0.500 e. The van der Waals surface area contributed by atoms with Gasteiger partial charge in [0, 0.05) is 40.1 Å². The molecule has 0 aliphatic rings. The molecule has 0 aliphatic heterocycles. The lowest BCUT2D eigenvalue weighted by atomic mass is 10.2. The maximum absolute atomic E-state index is 5.34. The lowest BCUT2D eigenvalue weighted by Crippen LogP contribution is -2.42. The molecule has 0 saturated carbocycles. The fourth-order valence-corrected chi connectivity index (χ4v) is 3.36. The zero-order valence-electron chi connectivity index (χ0n) is 11.3. The Kier molecular flexibility index (Phi) is 6.81. The first-order chi connectivity index (χ1) is 8.76. The average Bonchev–Trinajstić information content (AvgIpc) is 2.45. The summed E-state index contributed by atoms with van der Waals surface area (Å²) < 4.78 is 16.0. The van der Waals surface area contributed by atoms with Crippen LogP contribution in [0.3, 0.4) is 0 Å². The van der Waals surface area contributed by atoms with Crippen LogP contribution < -0.4 is 0 Å². The number of benzene rings is 1. The molecular formula is C13H21NO3Si. The maximum atomic E-state index is 5.34. The molecule has 18 heavy (non-hydrogen) atoms. The summed E-state index contributed by atoms with van der Waals surface area (Å²) in [5.74, 6) is 0. The summed E-state index contributed by atoms with van der Waals surface area (Å²) >= 11 is 0. The van der Waals surface area contributed by atoms with Crippen molar-refractivity contribution in [3.63, 3.8) is 0 Å². The van der Waals surface area contributed by atoms with Crippen molar-refractivity contribution in [1.82, 2.24) is 0 Å². The molecule has 0 unspecified atom stereocenters. The largest absolute Gasteiger partial charge is 0.500 e. The van der Waals surface area contributed by atoms with Gasteiger partial charge in [-0.25, -0.2) is 0 Å². The van der Waals surface area contributed by atoms with Gasteiger partial charge in [-0.2, -0.15) is 0 Å². The van der Waals surface area contributed by atoms with Crippen LogP contribution in [0.4, 0.5) is 0 Å². The standard InChI is InChI=1S/C13H21NO3Si/c1-15-18(16-2,17-3)11-7-10-14-12-13-8-5-4-6-9-13/h4-6,8-9,12H,7,10-11H2,1-3H3/b14-12+. The van der Waals surface area contributed by atoms with E-state index in [2.05, 4.69) is 4.99 Å². The van der Waals surface area contributed by atoms with Gasteiger partial charge in [-0.1, -0.05) is 30.3 Å². The zero-order valence-corrected chi connectivity index (χ0v) is 12.3. The number of aliphatic imine (C=N–C) groups is 1. The summed E-state index contributed by atoms with van der Waals surface area (Å²) in [5.41, 5.74) is 1.12. The minimum Gasteiger partial charge on any atom is -0.377 e.